The average molecular weight is 454 g/mol. The van der Waals surface area contributed by atoms with Crippen LogP contribution in [-0.4, -0.2) is 53.9 Å². The van der Waals surface area contributed by atoms with Crippen molar-refractivity contribution in [1.82, 2.24) is 9.88 Å². The van der Waals surface area contributed by atoms with E-state index in [9.17, 15) is 4.79 Å². The standard InChI is InChI=1S/C15H21ClIN3O3/c1-15(2,3)23-14(21)20-4-5-22-10(9-20)7-18-12-6-13(16)19-8-11(12)17/h6,8,10H,4-5,7,9H2,1-3H3,(H,18,19)/t10-/m0/s1. The number of ether oxygens (including phenoxy) is 2. The number of pyridine rings is 1. The molecule has 0 saturated carbocycles. The molecule has 2 heterocycles. The molecule has 0 bridgehead atoms. The third-order valence-electron chi connectivity index (χ3n) is 3.13. The lowest BCUT2D eigenvalue weighted by atomic mass is 10.2. The van der Waals surface area contributed by atoms with Crippen molar-refractivity contribution in [2.75, 3.05) is 31.6 Å². The minimum absolute atomic E-state index is 0.0981. The summed E-state index contributed by atoms with van der Waals surface area (Å²) in [5.74, 6) is 0. The summed E-state index contributed by atoms with van der Waals surface area (Å²) in [5.41, 5.74) is 0.413. The molecule has 1 aliphatic heterocycles. The molecule has 23 heavy (non-hydrogen) atoms. The minimum atomic E-state index is -0.493. The number of nitrogens with one attached hydrogen (secondary N) is 1. The van der Waals surface area contributed by atoms with E-state index in [2.05, 4.69) is 32.9 Å². The molecule has 1 aliphatic rings. The molecule has 128 valence electrons. The van der Waals surface area contributed by atoms with Gasteiger partial charge in [-0.1, -0.05) is 11.6 Å². The van der Waals surface area contributed by atoms with Gasteiger partial charge in [0.15, 0.2) is 0 Å². The number of carbonyl (C=O) groups excluding carboxylic acids is 1. The van der Waals surface area contributed by atoms with Crippen molar-refractivity contribution in [3.05, 3.63) is 21.0 Å². The van der Waals surface area contributed by atoms with E-state index in [4.69, 9.17) is 21.1 Å². The first-order valence-corrected chi connectivity index (χ1v) is 8.85. The Hall–Kier alpha value is -0.800. The Labute approximate surface area is 155 Å². The van der Waals surface area contributed by atoms with Gasteiger partial charge in [-0.3, -0.25) is 0 Å². The molecule has 1 aromatic rings. The van der Waals surface area contributed by atoms with Crippen molar-refractivity contribution in [3.8, 4) is 0 Å². The SMILES string of the molecule is CC(C)(C)OC(=O)N1CCO[C@@H](CNc2cc(Cl)ncc2I)C1. The van der Waals surface area contributed by atoms with Crippen LogP contribution < -0.4 is 5.32 Å². The molecule has 1 amide bonds. The van der Waals surface area contributed by atoms with Crippen LogP contribution in [0.1, 0.15) is 20.8 Å². The van der Waals surface area contributed by atoms with E-state index in [-0.39, 0.29) is 12.2 Å². The number of amides is 1. The molecule has 2 rings (SSSR count). The number of carbonyl (C=O) groups is 1. The predicted octanol–water partition coefficient (Wildman–Crippen LogP) is 3.39. The third-order valence-corrected chi connectivity index (χ3v) is 4.20. The van der Waals surface area contributed by atoms with Crippen molar-refractivity contribution in [2.45, 2.75) is 32.5 Å². The van der Waals surface area contributed by atoms with Gasteiger partial charge in [-0.15, -0.1) is 0 Å². The molecule has 1 saturated heterocycles. The summed E-state index contributed by atoms with van der Waals surface area (Å²) in [4.78, 5) is 17.8. The monoisotopic (exact) mass is 453 g/mol. The quantitative estimate of drug-likeness (QED) is 0.561. The van der Waals surface area contributed by atoms with Crippen LogP contribution in [0, 0.1) is 3.57 Å². The normalized spacial score (nSPS) is 18.7. The van der Waals surface area contributed by atoms with Gasteiger partial charge in [0.25, 0.3) is 0 Å². The topological polar surface area (TPSA) is 63.7 Å². The van der Waals surface area contributed by atoms with Gasteiger partial charge < -0.3 is 19.7 Å². The first kappa shape index (κ1) is 18.5. The Balaban J connectivity index is 1.89. The number of hydrogen-bond donors (Lipinski definition) is 1. The van der Waals surface area contributed by atoms with E-state index in [1.165, 1.54) is 0 Å². The molecule has 1 atom stereocenters. The number of nitrogens with zero attached hydrogens (tertiary/aromatic N) is 2. The van der Waals surface area contributed by atoms with Crippen LogP contribution in [0.2, 0.25) is 5.15 Å². The molecule has 1 N–H and O–H groups in total. The van der Waals surface area contributed by atoms with Crippen LogP contribution in [-0.2, 0) is 9.47 Å². The summed E-state index contributed by atoms with van der Waals surface area (Å²) >= 11 is 8.10. The highest BCUT2D eigenvalue weighted by Crippen LogP contribution is 2.21. The van der Waals surface area contributed by atoms with Gasteiger partial charge in [0.1, 0.15) is 10.8 Å². The highest BCUT2D eigenvalue weighted by molar-refractivity contribution is 14.1. The van der Waals surface area contributed by atoms with Crippen molar-refractivity contribution in [1.29, 1.82) is 0 Å². The molecular formula is C15H21ClIN3O3. The van der Waals surface area contributed by atoms with E-state index in [0.717, 1.165) is 9.26 Å². The summed E-state index contributed by atoms with van der Waals surface area (Å²) < 4.78 is 12.1. The molecule has 8 heteroatoms. The molecule has 0 radical (unpaired) electrons. The maximum Gasteiger partial charge on any atom is 0.410 e. The predicted molar refractivity (Wildman–Crippen MR) is 98.0 cm³/mol. The fraction of sp³-hybridized carbons (Fsp3) is 0.600. The number of aromatic nitrogens is 1. The molecule has 1 aromatic heterocycles. The number of halogens is 2. The number of morpholine rings is 1. The average Bonchev–Trinajstić information content (AvgIpc) is 2.47. The second-order valence-electron chi connectivity index (χ2n) is 6.29. The van der Waals surface area contributed by atoms with Crippen molar-refractivity contribution < 1.29 is 14.3 Å². The maximum absolute atomic E-state index is 12.1. The third kappa shape index (κ3) is 5.96. The lowest BCUT2D eigenvalue weighted by molar-refractivity contribution is -0.0371. The van der Waals surface area contributed by atoms with Crippen molar-refractivity contribution in [2.24, 2.45) is 0 Å². The Bertz CT molecular complexity index is 565. The molecule has 1 fully saturated rings. The Morgan fingerprint density at radius 1 is 1.61 bits per heavy atom. The van der Waals surface area contributed by atoms with Crippen molar-refractivity contribution in [3.63, 3.8) is 0 Å². The maximum atomic E-state index is 12.1. The van der Waals surface area contributed by atoms with E-state index in [1.54, 1.807) is 17.2 Å². The van der Waals surface area contributed by atoms with Crippen LogP contribution in [0.5, 0.6) is 0 Å². The summed E-state index contributed by atoms with van der Waals surface area (Å²) in [6, 6.07) is 1.78. The summed E-state index contributed by atoms with van der Waals surface area (Å²) in [6.45, 7) is 7.70. The Morgan fingerprint density at radius 3 is 3.04 bits per heavy atom. The molecule has 0 unspecified atom stereocenters. The Kier molecular flexibility index (Phi) is 6.33. The molecule has 0 aliphatic carbocycles. The zero-order chi connectivity index (χ0) is 17.0. The van der Waals surface area contributed by atoms with Crippen LogP contribution in [0.4, 0.5) is 10.5 Å². The summed E-state index contributed by atoms with van der Waals surface area (Å²) in [6.07, 6.45) is 1.31. The highest BCUT2D eigenvalue weighted by atomic mass is 127. The van der Waals surface area contributed by atoms with E-state index in [0.29, 0.717) is 31.4 Å². The number of hydrogen-bond acceptors (Lipinski definition) is 5. The largest absolute Gasteiger partial charge is 0.444 e. The smallest absolute Gasteiger partial charge is 0.410 e. The molecule has 0 aromatic carbocycles. The van der Waals surface area contributed by atoms with Gasteiger partial charge in [0, 0.05) is 19.3 Å². The number of rotatable bonds is 3. The zero-order valence-electron chi connectivity index (χ0n) is 13.4. The van der Waals surface area contributed by atoms with Crippen LogP contribution >= 0.6 is 34.2 Å². The Morgan fingerprint density at radius 2 is 2.35 bits per heavy atom. The first-order chi connectivity index (χ1) is 10.7. The van der Waals surface area contributed by atoms with Gasteiger partial charge in [0.2, 0.25) is 0 Å². The lowest BCUT2D eigenvalue weighted by Crippen LogP contribution is -2.49. The van der Waals surface area contributed by atoms with Crippen molar-refractivity contribution >= 4 is 46.0 Å². The second-order valence-corrected chi connectivity index (χ2v) is 7.84. The fourth-order valence-electron chi connectivity index (χ4n) is 2.11. The van der Waals surface area contributed by atoms with Crippen LogP contribution in [0.15, 0.2) is 12.3 Å². The van der Waals surface area contributed by atoms with Gasteiger partial charge in [-0.05, 0) is 49.4 Å². The van der Waals surface area contributed by atoms with Gasteiger partial charge in [-0.25, -0.2) is 9.78 Å². The summed E-state index contributed by atoms with van der Waals surface area (Å²) in [7, 11) is 0. The molecule has 0 spiro atoms. The second kappa shape index (κ2) is 7.85. The van der Waals surface area contributed by atoms with Gasteiger partial charge in [0.05, 0.1) is 28.5 Å². The van der Waals surface area contributed by atoms with Crippen LogP contribution in [0.25, 0.3) is 0 Å². The zero-order valence-corrected chi connectivity index (χ0v) is 16.3. The first-order valence-electron chi connectivity index (χ1n) is 7.39. The highest BCUT2D eigenvalue weighted by Gasteiger charge is 2.28. The minimum Gasteiger partial charge on any atom is -0.444 e. The number of anilines is 1. The fourth-order valence-corrected chi connectivity index (χ4v) is 2.75. The summed E-state index contributed by atoms with van der Waals surface area (Å²) in [5, 5.41) is 3.73. The van der Waals surface area contributed by atoms with E-state index in [1.807, 2.05) is 20.8 Å². The molecular weight excluding hydrogens is 433 g/mol. The van der Waals surface area contributed by atoms with Crippen LogP contribution in [0.3, 0.4) is 0 Å². The van der Waals surface area contributed by atoms with Gasteiger partial charge >= 0.3 is 6.09 Å². The van der Waals surface area contributed by atoms with E-state index >= 15 is 0 Å². The van der Waals surface area contributed by atoms with Gasteiger partial charge in [-0.2, -0.15) is 0 Å². The van der Waals surface area contributed by atoms with E-state index < -0.39 is 5.60 Å². The molecule has 6 nitrogen and oxygen atoms in total. The lowest BCUT2D eigenvalue weighted by Gasteiger charge is -2.34.